The van der Waals surface area contributed by atoms with Gasteiger partial charge in [-0.2, -0.15) is 0 Å². The van der Waals surface area contributed by atoms with Gasteiger partial charge in [-0.25, -0.2) is 14.4 Å². The molecule has 1 amide bonds. The Bertz CT molecular complexity index is 1360. The van der Waals surface area contributed by atoms with Crippen molar-refractivity contribution in [1.82, 2.24) is 14.5 Å². The lowest BCUT2D eigenvalue weighted by atomic mass is 10.2. The zero-order valence-electron chi connectivity index (χ0n) is 14.8. The van der Waals surface area contributed by atoms with Crippen LogP contribution in [0.4, 0.5) is 10.1 Å². The summed E-state index contributed by atoms with van der Waals surface area (Å²) in [6, 6.07) is 21.5. The summed E-state index contributed by atoms with van der Waals surface area (Å²) in [4.78, 5) is 22.1. The first kappa shape index (κ1) is 16.4. The molecule has 0 saturated carbocycles. The minimum Gasteiger partial charge on any atom is -0.322 e. The molecule has 28 heavy (non-hydrogen) atoms. The molecule has 1 N–H and O–H groups in total. The van der Waals surface area contributed by atoms with Gasteiger partial charge in [-0.05, 0) is 30.3 Å². The summed E-state index contributed by atoms with van der Waals surface area (Å²) < 4.78 is 15.7. The van der Waals surface area contributed by atoms with Gasteiger partial charge in [0.1, 0.15) is 17.9 Å². The molecule has 136 valence electrons. The van der Waals surface area contributed by atoms with Gasteiger partial charge in [0.25, 0.3) is 0 Å². The Morgan fingerprint density at radius 3 is 2.39 bits per heavy atom. The van der Waals surface area contributed by atoms with Crippen LogP contribution in [0, 0.1) is 5.82 Å². The maximum Gasteiger partial charge on any atom is 0.244 e. The number of fused-ring (bicyclic) bond motifs is 4. The first-order chi connectivity index (χ1) is 13.7. The lowest BCUT2D eigenvalue weighted by Gasteiger charge is -2.09. The van der Waals surface area contributed by atoms with Gasteiger partial charge in [-0.3, -0.25) is 4.79 Å². The minimum absolute atomic E-state index is 0.00533. The number of nitrogens with one attached hydrogen (secondary N) is 1. The van der Waals surface area contributed by atoms with E-state index in [0.717, 1.165) is 27.5 Å². The number of nitrogens with zero attached hydrogens (tertiary/aromatic N) is 3. The van der Waals surface area contributed by atoms with Crippen molar-refractivity contribution in [1.29, 1.82) is 0 Å². The molecular formula is C22H15FN4O. The summed E-state index contributed by atoms with van der Waals surface area (Å²) in [5.41, 5.74) is 3.94. The summed E-state index contributed by atoms with van der Waals surface area (Å²) in [7, 11) is 0. The van der Waals surface area contributed by atoms with Gasteiger partial charge in [0.2, 0.25) is 5.91 Å². The number of para-hydroxylation sites is 4. The van der Waals surface area contributed by atoms with E-state index >= 15 is 0 Å². The van der Waals surface area contributed by atoms with E-state index in [9.17, 15) is 9.18 Å². The fourth-order valence-corrected chi connectivity index (χ4v) is 3.44. The van der Waals surface area contributed by atoms with Crippen molar-refractivity contribution >= 4 is 44.7 Å². The van der Waals surface area contributed by atoms with E-state index in [1.165, 1.54) is 12.1 Å². The third kappa shape index (κ3) is 2.66. The summed E-state index contributed by atoms with van der Waals surface area (Å²) in [6.07, 6.45) is 0. The quantitative estimate of drug-likeness (QED) is 0.508. The van der Waals surface area contributed by atoms with E-state index in [0.29, 0.717) is 5.65 Å². The van der Waals surface area contributed by atoms with E-state index in [1.54, 1.807) is 12.1 Å². The molecular weight excluding hydrogens is 355 g/mol. The van der Waals surface area contributed by atoms with Crippen LogP contribution in [0.15, 0.2) is 72.8 Å². The maximum absolute atomic E-state index is 13.9. The van der Waals surface area contributed by atoms with Crippen molar-refractivity contribution in [2.24, 2.45) is 0 Å². The Labute approximate surface area is 159 Å². The molecule has 6 heteroatoms. The van der Waals surface area contributed by atoms with Crippen LogP contribution in [-0.4, -0.2) is 20.4 Å². The van der Waals surface area contributed by atoms with Gasteiger partial charge < -0.3 is 9.88 Å². The molecule has 5 nitrogen and oxygen atoms in total. The molecule has 2 aromatic heterocycles. The lowest BCUT2D eigenvalue weighted by Crippen LogP contribution is -2.19. The second-order valence-corrected chi connectivity index (χ2v) is 6.52. The number of halogens is 1. The normalized spacial score (nSPS) is 11.3. The molecule has 3 aromatic carbocycles. The Morgan fingerprint density at radius 1 is 0.893 bits per heavy atom. The predicted octanol–water partition coefficient (Wildman–Crippen LogP) is 4.52. The molecule has 5 aromatic rings. The first-order valence-electron chi connectivity index (χ1n) is 8.89. The van der Waals surface area contributed by atoms with Crippen molar-refractivity contribution in [2.45, 2.75) is 6.54 Å². The van der Waals surface area contributed by atoms with Crippen molar-refractivity contribution in [3.8, 4) is 0 Å². The number of hydrogen-bond acceptors (Lipinski definition) is 3. The van der Waals surface area contributed by atoms with Crippen LogP contribution in [0.25, 0.3) is 33.1 Å². The van der Waals surface area contributed by atoms with E-state index in [4.69, 9.17) is 9.97 Å². The van der Waals surface area contributed by atoms with Gasteiger partial charge in [0.05, 0.1) is 22.2 Å². The molecule has 0 bridgehead atoms. The smallest absolute Gasteiger partial charge is 0.244 e. The second kappa shape index (κ2) is 6.42. The first-order valence-corrected chi connectivity index (χ1v) is 8.89. The molecule has 5 rings (SSSR count). The monoisotopic (exact) mass is 370 g/mol. The van der Waals surface area contributed by atoms with Crippen molar-refractivity contribution in [3.05, 3.63) is 78.6 Å². The third-order valence-corrected chi connectivity index (χ3v) is 4.71. The van der Waals surface area contributed by atoms with Gasteiger partial charge in [0, 0.05) is 5.39 Å². The zero-order chi connectivity index (χ0) is 19.1. The van der Waals surface area contributed by atoms with Crippen LogP contribution in [0.3, 0.4) is 0 Å². The number of amides is 1. The molecule has 0 radical (unpaired) electrons. The SMILES string of the molecule is O=C(Cn1c2ccccc2c2nc3ccccc3nc21)Nc1ccccc1F. The van der Waals surface area contributed by atoms with Crippen LogP contribution in [-0.2, 0) is 11.3 Å². The van der Waals surface area contributed by atoms with Gasteiger partial charge in [0.15, 0.2) is 5.65 Å². The average Bonchev–Trinajstić information content (AvgIpc) is 3.01. The van der Waals surface area contributed by atoms with Crippen LogP contribution < -0.4 is 5.32 Å². The van der Waals surface area contributed by atoms with Crippen LogP contribution in [0.5, 0.6) is 0 Å². The fraction of sp³-hybridized carbons (Fsp3) is 0.0455. The van der Waals surface area contributed by atoms with E-state index in [2.05, 4.69) is 5.32 Å². The fourth-order valence-electron chi connectivity index (χ4n) is 3.44. The number of aromatic nitrogens is 3. The Balaban J connectivity index is 1.64. The average molecular weight is 370 g/mol. The predicted molar refractivity (Wildman–Crippen MR) is 108 cm³/mol. The molecule has 0 fully saturated rings. The van der Waals surface area contributed by atoms with E-state index in [1.807, 2.05) is 53.1 Å². The Kier molecular flexibility index (Phi) is 3.76. The molecule has 2 heterocycles. The van der Waals surface area contributed by atoms with Gasteiger partial charge in [-0.1, -0.05) is 42.5 Å². The van der Waals surface area contributed by atoms with E-state index < -0.39 is 5.82 Å². The summed E-state index contributed by atoms with van der Waals surface area (Å²) in [5, 5.41) is 3.56. The Hall–Kier alpha value is -3.80. The van der Waals surface area contributed by atoms with Crippen LogP contribution >= 0.6 is 0 Å². The number of hydrogen-bond donors (Lipinski definition) is 1. The lowest BCUT2D eigenvalue weighted by molar-refractivity contribution is -0.116. The minimum atomic E-state index is -0.469. The number of carbonyl (C=O) groups is 1. The van der Waals surface area contributed by atoms with E-state index in [-0.39, 0.29) is 18.1 Å². The number of rotatable bonds is 3. The summed E-state index contributed by atoms with van der Waals surface area (Å²) >= 11 is 0. The molecule has 0 saturated heterocycles. The van der Waals surface area contributed by atoms with Crippen LogP contribution in [0.1, 0.15) is 0 Å². The van der Waals surface area contributed by atoms with Crippen molar-refractivity contribution in [2.75, 3.05) is 5.32 Å². The number of benzene rings is 3. The largest absolute Gasteiger partial charge is 0.322 e. The summed E-state index contributed by atoms with van der Waals surface area (Å²) in [6.45, 7) is 0.00533. The van der Waals surface area contributed by atoms with Crippen LogP contribution in [0.2, 0.25) is 0 Å². The second-order valence-electron chi connectivity index (χ2n) is 6.52. The molecule has 0 spiro atoms. The molecule has 0 atom stereocenters. The van der Waals surface area contributed by atoms with Gasteiger partial charge >= 0.3 is 0 Å². The zero-order valence-corrected chi connectivity index (χ0v) is 14.8. The molecule has 0 aliphatic heterocycles. The van der Waals surface area contributed by atoms with Crippen molar-refractivity contribution in [3.63, 3.8) is 0 Å². The highest BCUT2D eigenvalue weighted by atomic mass is 19.1. The standard InChI is InChI=1S/C22H15FN4O/c23-15-8-2-3-9-16(15)24-20(28)13-27-19-12-6-1-7-14(19)21-22(27)26-18-11-5-4-10-17(18)25-21/h1-12H,13H2,(H,24,28). The number of anilines is 1. The highest BCUT2D eigenvalue weighted by molar-refractivity contribution is 6.07. The highest BCUT2D eigenvalue weighted by Gasteiger charge is 2.17. The molecule has 0 aliphatic rings. The Morgan fingerprint density at radius 2 is 1.57 bits per heavy atom. The molecule has 0 unspecified atom stereocenters. The van der Waals surface area contributed by atoms with Gasteiger partial charge in [-0.15, -0.1) is 0 Å². The van der Waals surface area contributed by atoms with Crippen molar-refractivity contribution < 1.29 is 9.18 Å². The topological polar surface area (TPSA) is 59.8 Å². The summed E-state index contributed by atoms with van der Waals surface area (Å²) in [5.74, 6) is -0.799. The third-order valence-electron chi connectivity index (χ3n) is 4.71. The highest BCUT2D eigenvalue weighted by Crippen LogP contribution is 2.28. The maximum atomic E-state index is 13.9. The molecule has 0 aliphatic carbocycles. The number of carbonyl (C=O) groups excluding carboxylic acids is 1.